The molecule has 8 heteroatoms. The summed E-state index contributed by atoms with van der Waals surface area (Å²) in [6.45, 7) is 0. The third-order valence-corrected chi connectivity index (χ3v) is 2.81. The van der Waals surface area contributed by atoms with E-state index < -0.39 is 10.6 Å². The zero-order valence-corrected chi connectivity index (χ0v) is 10.6. The van der Waals surface area contributed by atoms with E-state index >= 15 is 0 Å². The SMILES string of the molecule is Nc1ncnc(Oc2cccc3ncccc23)c1[N+](=O)[O-]. The number of rotatable bonds is 3. The van der Waals surface area contributed by atoms with E-state index in [2.05, 4.69) is 15.0 Å². The average molecular weight is 283 g/mol. The van der Waals surface area contributed by atoms with Crippen LogP contribution in [0, 0.1) is 10.1 Å². The number of nitrogens with zero attached hydrogens (tertiary/aromatic N) is 4. The third-order valence-electron chi connectivity index (χ3n) is 2.81. The Morgan fingerprint density at radius 2 is 2.00 bits per heavy atom. The maximum atomic E-state index is 11.0. The van der Waals surface area contributed by atoms with Crippen LogP contribution in [0.4, 0.5) is 11.5 Å². The maximum Gasteiger partial charge on any atom is 0.372 e. The predicted molar refractivity (Wildman–Crippen MR) is 74.9 cm³/mol. The van der Waals surface area contributed by atoms with E-state index in [1.165, 1.54) is 0 Å². The summed E-state index contributed by atoms with van der Waals surface area (Å²) in [5.41, 5.74) is 5.75. The summed E-state index contributed by atoms with van der Waals surface area (Å²) in [7, 11) is 0. The van der Waals surface area contributed by atoms with Crippen molar-refractivity contribution < 1.29 is 9.66 Å². The second kappa shape index (κ2) is 5.00. The van der Waals surface area contributed by atoms with Crippen LogP contribution < -0.4 is 10.5 Å². The highest BCUT2D eigenvalue weighted by Gasteiger charge is 2.23. The molecule has 2 aromatic heterocycles. The molecule has 0 saturated carbocycles. The first-order chi connectivity index (χ1) is 10.2. The minimum Gasteiger partial charge on any atom is -0.433 e. The number of anilines is 1. The molecule has 0 saturated heterocycles. The van der Waals surface area contributed by atoms with Gasteiger partial charge in [0.05, 0.1) is 10.4 Å². The smallest absolute Gasteiger partial charge is 0.372 e. The van der Waals surface area contributed by atoms with Crippen molar-refractivity contribution in [3.8, 4) is 11.6 Å². The summed E-state index contributed by atoms with van der Waals surface area (Å²) in [6, 6.07) is 8.77. The Labute approximate surface area is 118 Å². The summed E-state index contributed by atoms with van der Waals surface area (Å²) in [6.07, 6.45) is 2.76. The summed E-state index contributed by atoms with van der Waals surface area (Å²) < 4.78 is 5.55. The Kier molecular flexibility index (Phi) is 3.03. The number of hydrogen-bond donors (Lipinski definition) is 1. The molecule has 8 nitrogen and oxygen atoms in total. The van der Waals surface area contributed by atoms with Gasteiger partial charge < -0.3 is 10.5 Å². The topological polar surface area (TPSA) is 117 Å². The minimum absolute atomic E-state index is 0.205. The lowest BCUT2D eigenvalue weighted by Crippen LogP contribution is -2.02. The number of benzene rings is 1. The van der Waals surface area contributed by atoms with Crippen LogP contribution in [0.15, 0.2) is 42.9 Å². The van der Waals surface area contributed by atoms with Crippen molar-refractivity contribution >= 4 is 22.4 Å². The number of hydrogen-bond acceptors (Lipinski definition) is 7. The highest BCUT2D eigenvalue weighted by Crippen LogP contribution is 2.34. The summed E-state index contributed by atoms with van der Waals surface area (Å²) in [5.74, 6) is -0.0472. The molecule has 0 aliphatic carbocycles. The first-order valence-electron chi connectivity index (χ1n) is 5.93. The third kappa shape index (κ3) is 2.29. The predicted octanol–water partition coefficient (Wildman–Crippen LogP) is 2.31. The van der Waals surface area contributed by atoms with Gasteiger partial charge in [-0.1, -0.05) is 6.07 Å². The van der Waals surface area contributed by atoms with Crippen molar-refractivity contribution in [2.45, 2.75) is 0 Å². The van der Waals surface area contributed by atoms with E-state index in [1.54, 1.807) is 30.5 Å². The molecule has 0 amide bonds. The van der Waals surface area contributed by atoms with Gasteiger partial charge in [0, 0.05) is 11.6 Å². The molecule has 0 fully saturated rings. The van der Waals surface area contributed by atoms with Crippen LogP contribution in [0.1, 0.15) is 0 Å². The van der Waals surface area contributed by atoms with Crippen LogP contribution in [-0.4, -0.2) is 19.9 Å². The summed E-state index contributed by atoms with van der Waals surface area (Å²) in [4.78, 5) is 21.9. The lowest BCUT2D eigenvalue weighted by molar-refractivity contribution is -0.385. The van der Waals surface area contributed by atoms with Gasteiger partial charge in [0.25, 0.3) is 0 Å². The molecule has 0 bridgehead atoms. The van der Waals surface area contributed by atoms with Crippen molar-refractivity contribution in [3.05, 3.63) is 53.0 Å². The minimum atomic E-state index is -0.673. The Morgan fingerprint density at radius 3 is 2.81 bits per heavy atom. The zero-order valence-electron chi connectivity index (χ0n) is 10.6. The Morgan fingerprint density at radius 1 is 1.14 bits per heavy atom. The lowest BCUT2D eigenvalue weighted by atomic mass is 10.2. The van der Waals surface area contributed by atoms with Crippen LogP contribution in [0.2, 0.25) is 0 Å². The van der Waals surface area contributed by atoms with Crippen LogP contribution in [0.5, 0.6) is 11.6 Å². The van der Waals surface area contributed by atoms with Crippen molar-refractivity contribution in [1.29, 1.82) is 0 Å². The number of fused-ring (bicyclic) bond motifs is 1. The molecule has 0 aliphatic heterocycles. The highest BCUT2D eigenvalue weighted by atomic mass is 16.6. The molecule has 104 valence electrons. The molecule has 3 rings (SSSR count). The molecular weight excluding hydrogens is 274 g/mol. The molecule has 3 aromatic rings. The van der Waals surface area contributed by atoms with Gasteiger partial charge in [0.15, 0.2) is 0 Å². The van der Waals surface area contributed by atoms with Crippen LogP contribution in [0.3, 0.4) is 0 Å². The quantitative estimate of drug-likeness (QED) is 0.578. The number of nitro groups is 1. The maximum absolute atomic E-state index is 11.0. The standard InChI is InChI=1S/C13H9N5O3/c14-12-11(18(19)20)13(17-7-16-12)21-10-5-1-4-9-8(10)3-2-6-15-9/h1-7H,(H2,14,16,17). The molecule has 2 heterocycles. The number of pyridine rings is 1. The number of ether oxygens (including phenoxy) is 1. The van der Waals surface area contributed by atoms with Gasteiger partial charge in [0.1, 0.15) is 12.1 Å². The lowest BCUT2D eigenvalue weighted by Gasteiger charge is -2.08. The second-order valence-electron chi connectivity index (χ2n) is 4.10. The molecule has 1 aromatic carbocycles. The fourth-order valence-electron chi connectivity index (χ4n) is 1.89. The number of nitrogen functional groups attached to an aromatic ring is 1. The Hall–Kier alpha value is -3.29. The van der Waals surface area contributed by atoms with Crippen LogP contribution >= 0.6 is 0 Å². The normalized spacial score (nSPS) is 10.5. The van der Waals surface area contributed by atoms with Gasteiger partial charge in [0.2, 0.25) is 5.82 Å². The van der Waals surface area contributed by atoms with Gasteiger partial charge in [-0.15, -0.1) is 0 Å². The van der Waals surface area contributed by atoms with E-state index in [4.69, 9.17) is 10.5 Å². The van der Waals surface area contributed by atoms with Gasteiger partial charge in [-0.2, -0.15) is 4.98 Å². The van der Waals surface area contributed by atoms with Crippen LogP contribution in [0.25, 0.3) is 10.9 Å². The molecule has 2 N–H and O–H groups in total. The molecule has 0 spiro atoms. The van der Waals surface area contributed by atoms with E-state index in [0.29, 0.717) is 16.7 Å². The van der Waals surface area contributed by atoms with Gasteiger partial charge in [-0.25, -0.2) is 4.98 Å². The number of nitrogens with two attached hydrogens (primary N) is 1. The molecule has 0 radical (unpaired) electrons. The van der Waals surface area contributed by atoms with E-state index in [9.17, 15) is 10.1 Å². The van der Waals surface area contributed by atoms with Crippen molar-refractivity contribution in [2.75, 3.05) is 5.73 Å². The van der Waals surface area contributed by atoms with E-state index in [1.807, 2.05) is 6.07 Å². The van der Waals surface area contributed by atoms with Crippen molar-refractivity contribution in [2.24, 2.45) is 0 Å². The Bertz CT molecular complexity index is 832. The summed E-state index contributed by atoms with van der Waals surface area (Å²) in [5, 5.41) is 11.8. The second-order valence-corrected chi connectivity index (χ2v) is 4.10. The van der Waals surface area contributed by atoms with E-state index in [0.717, 1.165) is 6.33 Å². The van der Waals surface area contributed by atoms with Crippen molar-refractivity contribution in [1.82, 2.24) is 15.0 Å². The zero-order chi connectivity index (χ0) is 14.8. The van der Waals surface area contributed by atoms with E-state index in [-0.39, 0.29) is 11.7 Å². The first kappa shape index (κ1) is 12.7. The first-order valence-corrected chi connectivity index (χ1v) is 5.93. The van der Waals surface area contributed by atoms with Gasteiger partial charge in [-0.3, -0.25) is 15.1 Å². The van der Waals surface area contributed by atoms with Gasteiger partial charge >= 0.3 is 11.6 Å². The molecular formula is C13H9N5O3. The largest absolute Gasteiger partial charge is 0.433 e. The average Bonchev–Trinajstić information content (AvgIpc) is 2.47. The molecule has 0 atom stereocenters. The molecule has 0 aliphatic rings. The highest BCUT2D eigenvalue weighted by molar-refractivity contribution is 5.85. The van der Waals surface area contributed by atoms with Crippen LogP contribution in [-0.2, 0) is 0 Å². The Balaban J connectivity index is 2.12. The van der Waals surface area contributed by atoms with Gasteiger partial charge in [-0.05, 0) is 24.3 Å². The molecule has 0 unspecified atom stereocenters. The fraction of sp³-hybridized carbons (Fsp3) is 0. The summed E-state index contributed by atoms with van der Waals surface area (Å²) >= 11 is 0. The molecule has 21 heavy (non-hydrogen) atoms. The monoisotopic (exact) mass is 283 g/mol. The van der Waals surface area contributed by atoms with Crippen molar-refractivity contribution in [3.63, 3.8) is 0 Å². The fourth-order valence-corrected chi connectivity index (χ4v) is 1.89. The number of aromatic nitrogens is 3.